The molecule has 0 fully saturated rings. The van der Waals surface area contributed by atoms with Crippen molar-refractivity contribution in [2.24, 2.45) is 0 Å². The second-order valence-electron chi connectivity index (χ2n) is 6.17. The lowest BCUT2D eigenvalue weighted by atomic mass is 9.94. The van der Waals surface area contributed by atoms with Crippen LogP contribution in [0.5, 0.6) is 11.5 Å². The van der Waals surface area contributed by atoms with Crippen molar-refractivity contribution in [3.8, 4) is 11.5 Å². The van der Waals surface area contributed by atoms with Gasteiger partial charge in [-0.3, -0.25) is 14.9 Å². The lowest BCUT2D eigenvalue weighted by Gasteiger charge is -2.19. The van der Waals surface area contributed by atoms with Gasteiger partial charge in [-0.25, -0.2) is 0 Å². The molecule has 0 radical (unpaired) electrons. The zero-order valence-corrected chi connectivity index (χ0v) is 13.7. The molecule has 1 aliphatic rings. The van der Waals surface area contributed by atoms with E-state index in [1.165, 1.54) is 12.1 Å². The second-order valence-corrected chi connectivity index (χ2v) is 6.17. The van der Waals surface area contributed by atoms with Crippen LogP contribution in [0.15, 0.2) is 48.5 Å². The average Bonchev–Trinajstić information content (AvgIpc) is 2.63. The summed E-state index contributed by atoms with van der Waals surface area (Å²) in [6.45, 7) is 0.586. The lowest BCUT2D eigenvalue weighted by molar-refractivity contribution is 0.0845. The number of anilines is 1. The zero-order chi connectivity index (χ0) is 18.3. The summed E-state index contributed by atoms with van der Waals surface area (Å²) in [4.78, 5) is 24.1. The van der Waals surface area contributed by atoms with E-state index in [2.05, 4.69) is 10.6 Å². The summed E-state index contributed by atoms with van der Waals surface area (Å²) in [5, 5.41) is 26.1. The van der Waals surface area contributed by atoms with Crippen molar-refractivity contribution in [2.45, 2.75) is 6.42 Å². The van der Waals surface area contributed by atoms with Gasteiger partial charge < -0.3 is 15.5 Å². The van der Waals surface area contributed by atoms with Crippen LogP contribution in [-0.2, 0) is 6.42 Å². The molecular weight excluding hydrogens is 332 g/mol. The molecule has 0 bridgehead atoms. The number of nitrogens with one attached hydrogen (secondary N) is 2. The molecule has 1 heterocycles. The molecule has 6 heteroatoms. The molecule has 0 aliphatic carbocycles. The van der Waals surface area contributed by atoms with Crippen molar-refractivity contribution in [1.29, 1.82) is 0 Å². The molecule has 6 nitrogen and oxygen atoms in total. The zero-order valence-electron chi connectivity index (χ0n) is 13.7. The van der Waals surface area contributed by atoms with E-state index >= 15 is 0 Å². The smallest absolute Gasteiger partial charge is 0.258 e. The summed E-state index contributed by atoms with van der Waals surface area (Å²) in [6.07, 6.45) is 0.635. The Labute approximate surface area is 149 Å². The first-order chi connectivity index (χ1) is 12.5. The highest BCUT2D eigenvalue weighted by Crippen LogP contribution is 2.32. The van der Waals surface area contributed by atoms with E-state index in [0.717, 1.165) is 16.6 Å². The van der Waals surface area contributed by atoms with E-state index in [4.69, 9.17) is 0 Å². The number of rotatable bonds is 4. The van der Waals surface area contributed by atoms with Crippen LogP contribution >= 0.6 is 0 Å². The van der Waals surface area contributed by atoms with Gasteiger partial charge in [0.05, 0.1) is 0 Å². The Kier molecular flexibility index (Phi) is 3.73. The molecule has 0 unspecified atom stereocenters. The summed E-state index contributed by atoms with van der Waals surface area (Å²) in [7, 11) is 0. The summed E-state index contributed by atoms with van der Waals surface area (Å²) >= 11 is 0. The molecule has 0 atom stereocenters. The fourth-order valence-corrected chi connectivity index (χ4v) is 3.24. The van der Waals surface area contributed by atoms with Crippen LogP contribution in [0, 0.1) is 0 Å². The highest BCUT2D eigenvalue weighted by Gasteiger charge is 2.25. The number of aromatic hydroxyl groups is 2. The third-order valence-electron chi connectivity index (χ3n) is 4.53. The van der Waals surface area contributed by atoms with Crippen LogP contribution in [-0.4, -0.2) is 28.6 Å². The maximum absolute atomic E-state index is 12.1. The minimum Gasteiger partial charge on any atom is -0.504 e. The number of benzene rings is 3. The number of carbonyl (C=O) groups is 2. The van der Waals surface area contributed by atoms with E-state index in [9.17, 15) is 19.8 Å². The minimum absolute atomic E-state index is 0.145. The van der Waals surface area contributed by atoms with Gasteiger partial charge in [0.15, 0.2) is 11.5 Å². The highest BCUT2D eigenvalue weighted by atomic mass is 16.3. The Morgan fingerprint density at radius 1 is 0.885 bits per heavy atom. The summed E-state index contributed by atoms with van der Waals surface area (Å²) < 4.78 is 0. The van der Waals surface area contributed by atoms with Gasteiger partial charge >= 0.3 is 0 Å². The molecule has 4 N–H and O–H groups in total. The Morgan fingerprint density at radius 3 is 2.42 bits per heavy atom. The molecule has 0 aromatic heterocycles. The first-order valence-corrected chi connectivity index (χ1v) is 8.21. The molecule has 0 saturated carbocycles. The lowest BCUT2D eigenvalue weighted by Crippen LogP contribution is -2.34. The first-order valence-electron chi connectivity index (χ1n) is 8.21. The predicted octanol–water partition coefficient (Wildman–Crippen LogP) is 2.79. The molecular formula is C20H16N2O4. The number of hydrogen-bond acceptors (Lipinski definition) is 5. The maximum Gasteiger partial charge on any atom is 0.258 e. The highest BCUT2D eigenvalue weighted by molar-refractivity contribution is 6.26. The van der Waals surface area contributed by atoms with E-state index in [1.807, 2.05) is 12.1 Å². The summed E-state index contributed by atoms with van der Waals surface area (Å²) in [6, 6.07) is 13.6. The van der Waals surface area contributed by atoms with Gasteiger partial charge in [0, 0.05) is 34.1 Å². The predicted molar refractivity (Wildman–Crippen MR) is 97.7 cm³/mol. The quantitative estimate of drug-likeness (QED) is 0.429. The van der Waals surface area contributed by atoms with Crippen molar-refractivity contribution in [3.05, 3.63) is 65.2 Å². The fraction of sp³-hybridized carbons (Fsp3) is 0.100. The van der Waals surface area contributed by atoms with Crippen molar-refractivity contribution in [2.75, 3.05) is 11.9 Å². The van der Waals surface area contributed by atoms with Gasteiger partial charge in [-0.2, -0.15) is 0 Å². The molecule has 4 rings (SSSR count). The van der Waals surface area contributed by atoms with Crippen molar-refractivity contribution < 1.29 is 19.8 Å². The van der Waals surface area contributed by atoms with Crippen molar-refractivity contribution in [1.82, 2.24) is 5.32 Å². The van der Waals surface area contributed by atoms with E-state index in [-0.39, 0.29) is 23.3 Å². The summed E-state index contributed by atoms with van der Waals surface area (Å²) in [5.41, 5.74) is 2.69. The Morgan fingerprint density at radius 2 is 1.65 bits per heavy atom. The topological polar surface area (TPSA) is 98.7 Å². The van der Waals surface area contributed by atoms with Crippen LogP contribution < -0.4 is 10.6 Å². The molecule has 26 heavy (non-hydrogen) atoms. The normalized spacial score (nSPS) is 12.9. The molecule has 130 valence electrons. The van der Waals surface area contributed by atoms with Crippen molar-refractivity contribution in [3.63, 3.8) is 0 Å². The largest absolute Gasteiger partial charge is 0.504 e. The van der Waals surface area contributed by atoms with E-state index in [0.29, 0.717) is 29.5 Å². The Hall–Kier alpha value is -3.54. The molecule has 2 amide bonds. The van der Waals surface area contributed by atoms with Gasteiger partial charge in [-0.1, -0.05) is 18.2 Å². The molecule has 0 spiro atoms. The summed E-state index contributed by atoms with van der Waals surface area (Å²) in [5.74, 6) is -1.06. The van der Waals surface area contributed by atoms with Gasteiger partial charge in [0.2, 0.25) is 0 Å². The van der Waals surface area contributed by atoms with E-state index in [1.54, 1.807) is 24.3 Å². The van der Waals surface area contributed by atoms with Gasteiger partial charge in [-0.15, -0.1) is 0 Å². The van der Waals surface area contributed by atoms with Crippen molar-refractivity contribution >= 4 is 28.3 Å². The van der Waals surface area contributed by atoms with Crippen LogP contribution in [0.1, 0.15) is 26.3 Å². The number of amides is 2. The first kappa shape index (κ1) is 16.0. The van der Waals surface area contributed by atoms with Crippen LogP contribution in [0.2, 0.25) is 0 Å². The fourth-order valence-electron chi connectivity index (χ4n) is 3.24. The van der Waals surface area contributed by atoms with Crippen LogP contribution in [0.3, 0.4) is 0 Å². The molecule has 1 aliphatic heterocycles. The average molecular weight is 348 g/mol. The third-order valence-corrected chi connectivity index (χ3v) is 4.53. The molecule has 0 saturated heterocycles. The minimum atomic E-state index is -0.384. The van der Waals surface area contributed by atoms with Crippen LogP contribution in [0.25, 0.3) is 10.8 Å². The second kappa shape index (κ2) is 6.07. The Bertz CT molecular complexity index is 1040. The van der Waals surface area contributed by atoms with E-state index < -0.39 is 0 Å². The van der Waals surface area contributed by atoms with Gasteiger partial charge in [0.25, 0.3) is 11.8 Å². The molecule has 3 aromatic carbocycles. The number of imide groups is 1. The molecule has 3 aromatic rings. The van der Waals surface area contributed by atoms with Gasteiger partial charge in [0.1, 0.15) is 0 Å². The number of hydrogen-bond donors (Lipinski definition) is 4. The van der Waals surface area contributed by atoms with Crippen LogP contribution in [0.4, 0.5) is 5.69 Å². The Balaban J connectivity index is 1.62. The number of phenols is 2. The SMILES string of the molecule is O=C1NC(=O)c2ccc(NCCc3ccc(O)c(O)c3)c3cccc1c23. The number of carbonyl (C=O) groups excluding carboxylic acids is 2. The monoisotopic (exact) mass is 348 g/mol. The standard InChI is InChI=1S/C20H16N2O4/c23-16-7-4-11(10-17(16)24)8-9-21-15-6-5-14-18-12(15)2-1-3-13(18)19(25)22-20(14)26/h1-7,10,21,23-24H,8-9H2,(H,22,25,26). The van der Waals surface area contributed by atoms with Gasteiger partial charge in [-0.05, 0) is 42.3 Å². The number of phenolic OH excluding ortho intramolecular Hbond substituents is 2. The third kappa shape index (κ3) is 2.61. The maximum atomic E-state index is 12.1.